The normalized spacial score (nSPS) is 12.4. The minimum absolute atomic E-state index is 0.230. The molecule has 1 aromatic heterocycles. The number of likely N-dealkylation sites (N-methyl/N-ethyl adjacent to an activating group) is 1. The molecule has 3 aromatic carbocycles. The van der Waals surface area contributed by atoms with E-state index in [1.807, 2.05) is 74.6 Å². The van der Waals surface area contributed by atoms with Crippen molar-refractivity contribution in [3.05, 3.63) is 119 Å². The first-order chi connectivity index (χ1) is 20.2. The van der Waals surface area contributed by atoms with E-state index in [1.165, 1.54) is 6.08 Å². The molecular weight excluding hydrogens is 548 g/mol. The van der Waals surface area contributed by atoms with E-state index >= 15 is 0 Å². The molecule has 9 heteroatoms. The lowest BCUT2D eigenvalue weighted by Crippen LogP contribution is -2.13. The van der Waals surface area contributed by atoms with Crippen molar-refractivity contribution in [3.8, 4) is 0 Å². The summed E-state index contributed by atoms with van der Waals surface area (Å²) in [5.74, 6) is -0.0186. The van der Waals surface area contributed by atoms with Crippen LogP contribution in [0.2, 0.25) is 0 Å². The van der Waals surface area contributed by atoms with Crippen LogP contribution in [0, 0.1) is 0 Å². The minimum atomic E-state index is -0.282. The molecule has 0 atom stereocenters. The fourth-order valence-corrected chi connectivity index (χ4v) is 4.36. The van der Waals surface area contributed by atoms with Gasteiger partial charge >= 0.3 is 0 Å². The molecule has 0 unspecified atom stereocenters. The molecule has 0 radical (unpaired) electrons. The Morgan fingerprint density at radius 1 is 0.952 bits per heavy atom. The van der Waals surface area contributed by atoms with Crippen molar-refractivity contribution < 1.29 is 9.59 Å². The molecule has 0 saturated carbocycles. The smallest absolute Gasteiger partial charge is 0.255 e. The molecule has 8 nitrogen and oxygen atoms in total. The number of hydrogen-bond acceptors (Lipinski definition) is 5. The third-order valence-electron chi connectivity index (χ3n) is 6.25. The molecule has 4 aromatic rings. The zero-order chi connectivity index (χ0) is 30.1. The Labute approximate surface area is 250 Å². The maximum absolute atomic E-state index is 12.9. The monoisotopic (exact) mass is 580 g/mol. The van der Waals surface area contributed by atoms with Crippen molar-refractivity contribution in [2.75, 3.05) is 36.6 Å². The van der Waals surface area contributed by atoms with Crippen molar-refractivity contribution >= 4 is 63.7 Å². The second-order valence-electron chi connectivity index (χ2n) is 9.77. The quantitative estimate of drug-likeness (QED) is 0.0863. The fourth-order valence-electron chi connectivity index (χ4n) is 4.20. The number of para-hydroxylation sites is 1. The summed E-state index contributed by atoms with van der Waals surface area (Å²) in [4.78, 5) is 34.4. The van der Waals surface area contributed by atoms with E-state index in [2.05, 4.69) is 32.6 Å². The molecule has 4 N–H and O–H groups in total. The first-order valence-electron chi connectivity index (χ1n) is 13.3. The summed E-state index contributed by atoms with van der Waals surface area (Å²) in [6.07, 6.45) is 7.03. The number of halogens is 1. The highest BCUT2D eigenvalue weighted by Crippen LogP contribution is 2.31. The molecule has 2 amide bonds. The Bertz CT molecular complexity index is 1680. The standard InChI is InChI=1S/C33H33ClN6O2/c1-22(34)28(29-21-36-30-12-6-5-11-27(29)30)20-31(35-2)37-25-9-7-10-26(19-25)39-33(42)23-14-16-24(17-15-23)38-32(41)13-8-18-40(3)4/h5-17,19-21,36-37H,2,18H2,1,3-4H3,(H,38,41)(H,39,42)/b13-8+,28-22-,31-20+. The highest BCUT2D eigenvalue weighted by Gasteiger charge is 2.11. The molecular formula is C33H33ClN6O2. The van der Waals surface area contributed by atoms with Crippen LogP contribution in [0.4, 0.5) is 17.1 Å². The lowest BCUT2D eigenvalue weighted by Gasteiger charge is -2.11. The van der Waals surface area contributed by atoms with E-state index in [0.717, 1.165) is 22.0 Å². The Morgan fingerprint density at radius 3 is 2.36 bits per heavy atom. The Balaban J connectivity index is 1.43. The van der Waals surface area contributed by atoms with Crippen molar-refractivity contribution in [3.63, 3.8) is 0 Å². The molecule has 1 heterocycles. The summed E-state index contributed by atoms with van der Waals surface area (Å²) in [6, 6.07) is 22.0. The van der Waals surface area contributed by atoms with Crippen LogP contribution in [0.15, 0.2) is 113 Å². The average molecular weight is 581 g/mol. The van der Waals surface area contributed by atoms with Crippen molar-refractivity contribution in [2.45, 2.75) is 6.92 Å². The van der Waals surface area contributed by atoms with E-state index < -0.39 is 0 Å². The van der Waals surface area contributed by atoms with Gasteiger partial charge in [-0.05, 0) is 82.3 Å². The maximum atomic E-state index is 12.9. The number of carbonyl (C=O) groups excluding carboxylic acids is 2. The summed E-state index contributed by atoms with van der Waals surface area (Å²) in [6.45, 7) is 6.21. The van der Waals surface area contributed by atoms with Crippen molar-refractivity contribution in [1.29, 1.82) is 0 Å². The summed E-state index contributed by atoms with van der Waals surface area (Å²) in [5.41, 5.74) is 5.12. The van der Waals surface area contributed by atoms with E-state index in [1.54, 1.807) is 42.5 Å². The summed E-state index contributed by atoms with van der Waals surface area (Å²) in [7, 11) is 3.85. The van der Waals surface area contributed by atoms with Crippen LogP contribution in [0.1, 0.15) is 22.8 Å². The van der Waals surface area contributed by atoms with Gasteiger partial charge in [0.1, 0.15) is 5.82 Å². The van der Waals surface area contributed by atoms with Crippen LogP contribution in [0.5, 0.6) is 0 Å². The number of allylic oxidation sites excluding steroid dienone is 3. The van der Waals surface area contributed by atoms with Gasteiger partial charge in [-0.25, -0.2) is 4.99 Å². The summed E-state index contributed by atoms with van der Waals surface area (Å²) < 4.78 is 0. The Morgan fingerprint density at radius 2 is 1.67 bits per heavy atom. The first-order valence-corrected chi connectivity index (χ1v) is 13.6. The molecule has 0 bridgehead atoms. The van der Waals surface area contributed by atoms with Crippen LogP contribution in [-0.4, -0.2) is 49.1 Å². The van der Waals surface area contributed by atoms with Gasteiger partial charge in [-0.3, -0.25) is 9.59 Å². The van der Waals surface area contributed by atoms with Gasteiger partial charge in [0.25, 0.3) is 5.91 Å². The lowest BCUT2D eigenvalue weighted by atomic mass is 10.0. The highest BCUT2D eigenvalue weighted by atomic mass is 35.5. The number of hydrogen-bond donors (Lipinski definition) is 4. The lowest BCUT2D eigenvalue weighted by molar-refractivity contribution is -0.111. The maximum Gasteiger partial charge on any atom is 0.255 e. The van der Waals surface area contributed by atoms with E-state index in [0.29, 0.717) is 40.0 Å². The molecule has 0 saturated heterocycles. The molecule has 0 spiro atoms. The van der Waals surface area contributed by atoms with Crippen LogP contribution in [-0.2, 0) is 4.79 Å². The number of nitrogens with one attached hydrogen (secondary N) is 4. The number of H-pyrrole nitrogens is 1. The number of benzene rings is 3. The van der Waals surface area contributed by atoms with Crippen LogP contribution in [0.25, 0.3) is 16.5 Å². The molecule has 0 aliphatic carbocycles. The second kappa shape index (κ2) is 14.1. The number of nitrogens with zero attached hydrogens (tertiary/aromatic N) is 2. The van der Waals surface area contributed by atoms with E-state index in [9.17, 15) is 9.59 Å². The molecule has 42 heavy (non-hydrogen) atoms. The fraction of sp³-hybridized carbons (Fsp3) is 0.121. The van der Waals surface area contributed by atoms with Gasteiger partial charge in [-0.15, -0.1) is 0 Å². The number of aliphatic imine (C=N–C) groups is 1. The highest BCUT2D eigenvalue weighted by molar-refractivity contribution is 6.33. The zero-order valence-corrected chi connectivity index (χ0v) is 24.5. The Kier molecular flexibility index (Phi) is 10.1. The SMILES string of the molecule is C=N/C(=C\C(=C(/C)Cl)c1c[nH]c2ccccc12)Nc1cccc(NC(=O)c2ccc(NC(=O)/C=C/CN(C)C)cc2)c1. The van der Waals surface area contributed by atoms with Gasteiger partial charge in [0, 0.05) is 68.5 Å². The van der Waals surface area contributed by atoms with Gasteiger partial charge in [-0.2, -0.15) is 0 Å². The largest absolute Gasteiger partial charge is 0.361 e. The van der Waals surface area contributed by atoms with Gasteiger partial charge in [0.15, 0.2) is 0 Å². The number of fused-ring (bicyclic) bond motifs is 1. The molecule has 4 rings (SSSR count). The van der Waals surface area contributed by atoms with E-state index in [-0.39, 0.29) is 11.8 Å². The average Bonchev–Trinajstić information content (AvgIpc) is 3.39. The summed E-state index contributed by atoms with van der Waals surface area (Å²) in [5, 5.41) is 10.6. The zero-order valence-electron chi connectivity index (χ0n) is 23.7. The van der Waals surface area contributed by atoms with Gasteiger partial charge < -0.3 is 25.8 Å². The van der Waals surface area contributed by atoms with Gasteiger partial charge in [0.05, 0.1) is 0 Å². The molecule has 0 aliphatic rings. The van der Waals surface area contributed by atoms with Crippen LogP contribution in [0.3, 0.4) is 0 Å². The van der Waals surface area contributed by atoms with Crippen LogP contribution < -0.4 is 16.0 Å². The summed E-state index contributed by atoms with van der Waals surface area (Å²) >= 11 is 6.50. The number of aromatic amines is 1. The third kappa shape index (κ3) is 8.06. The van der Waals surface area contributed by atoms with Gasteiger partial charge in [-0.1, -0.05) is 41.9 Å². The number of amides is 2. The first kappa shape index (κ1) is 30.0. The van der Waals surface area contributed by atoms with Crippen molar-refractivity contribution in [2.24, 2.45) is 4.99 Å². The molecule has 214 valence electrons. The second-order valence-corrected chi connectivity index (χ2v) is 10.3. The number of carbonyl (C=O) groups is 2. The number of rotatable bonds is 11. The van der Waals surface area contributed by atoms with Crippen molar-refractivity contribution in [1.82, 2.24) is 9.88 Å². The van der Waals surface area contributed by atoms with Gasteiger partial charge in [0.2, 0.25) is 5.91 Å². The topological polar surface area (TPSA) is 102 Å². The number of anilines is 3. The predicted molar refractivity (Wildman–Crippen MR) is 175 cm³/mol. The Hall–Kier alpha value is -4.92. The van der Waals surface area contributed by atoms with E-state index in [4.69, 9.17) is 11.6 Å². The third-order valence-corrected chi connectivity index (χ3v) is 6.45. The number of aromatic nitrogens is 1. The molecule has 0 aliphatic heterocycles. The minimum Gasteiger partial charge on any atom is -0.361 e. The predicted octanol–water partition coefficient (Wildman–Crippen LogP) is 7.10. The van der Waals surface area contributed by atoms with Crippen LogP contribution >= 0.6 is 11.6 Å². The molecule has 0 fully saturated rings.